The van der Waals surface area contributed by atoms with Crippen molar-refractivity contribution in [2.75, 3.05) is 19.7 Å². The van der Waals surface area contributed by atoms with Crippen LogP contribution in [0.15, 0.2) is 18.2 Å². The zero-order chi connectivity index (χ0) is 11.0. The highest BCUT2D eigenvalue weighted by Crippen LogP contribution is 2.45. The maximum atomic E-state index is 9.05. The van der Waals surface area contributed by atoms with E-state index in [4.69, 9.17) is 10.00 Å². The Morgan fingerprint density at radius 3 is 2.88 bits per heavy atom. The van der Waals surface area contributed by atoms with Crippen LogP contribution >= 0.6 is 0 Å². The van der Waals surface area contributed by atoms with Crippen molar-refractivity contribution >= 4 is 0 Å². The van der Waals surface area contributed by atoms with E-state index in [2.05, 4.69) is 17.5 Å². The van der Waals surface area contributed by atoms with Gasteiger partial charge in [0, 0.05) is 11.0 Å². The van der Waals surface area contributed by atoms with E-state index in [0.717, 1.165) is 38.3 Å². The molecule has 16 heavy (non-hydrogen) atoms. The van der Waals surface area contributed by atoms with Gasteiger partial charge in [-0.05, 0) is 32.0 Å². The zero-order valence-electron chi connectivity index (χ0n) is 9.12. The van der Waals surface area contributed by atoms with Crippen LogP contribution in [-0.2, 0) is 5.41 Å². The van der Waals surface area contributed by atoms with Crippen molar-refractivity contribution in [1.29, 1.82) is 5.26 Å². The Hall–Kier alpha value is -1.53. The molecule has 1 fully saturated rings. The van der Waals surface area contributed by atoms with Gasteiger partial charge in [0.15, 0.2) is 0 Å². The number of para-hydroxylation sites is 1. The molecule has 2 aliphatic heterocycles. The molecule has 2 aliphatic rings. The number of hydrogen-bond donors (Lipinski definition) is 1. The van der Waals surface area contributed by atoms with Gasteiger partial charge >= 0.3 is 0 Å². The lowest BCUT2D eigenvalue weighted by atomic mass is 9.74. The monoisotopic (exact) mass is 214 g/mol. The van der Waals surface area contributed by atoms with Gasteiger partial charge in [-0.3, -0.25) is 0 Å². The van der Waals surface area contributed by atoms with Crippen molar-refractivity contribution in [3.05, 3.63) is 29.3 Å². The SMILES string of the molecule is N#Cc1cccc2c1OCC21CCNCC1. The molecule has 0 radical (unpaired) electrons. The van der Waals surface area contributed by atoms with E-state index < -0.39 is 0 Å². The molecule has 82 valence electrons. The van der Waals surface area contributed by atoms with Crippen molar-refractivity contribution in [3.8, 4) is 11.8 Å². The number of benzene rings is 1. The van der Waals surface area contributed by atoms with Crippen molar-refractivity contribution in [3.63, 3.8) is 0 Å². The standard InChI is InChI=1S/C13H14N2O/c14-8-10-2-1-3-11-12(10)16-9-13(11)4-6-15-7-5-13/h1-3,15H,4-7,9H2. The summed E-state index contributed by atoms with van der Waals surface area (Å²) in [6, 6.07) is 8.13. The molecule has 0 unspecified atom stereocenters. The summed E-state index contributed by atoms with van der Waals surface area (Å²) in [4.78, 5) is 0. The van der Waals surface area contributed by atoms with E-state index >= 15 is 0 Å². The highest BCUT2D eigenvalue weighted by atomic mass is 16.5. The number of nitrogens with one attached hydrogen (secondary N) is 1. The second-order valence-corrected chi connectivity index (χ2v) is 4.61. The van der Waals surface area contributed by atoms with Crippen LogP contribution in [0.1, 0.15) is 24.0 Å². The number of piperidine rings is 1. The Labute approximate surface area is 95.0 Å². The van der Waals surface area contributed by atoms with Crippen LogP contribution in [0.25, 0.3) is 0 Å². The Balaban J connectivity index is 2.09. The van der Waals surface area contributed by atoms with E-state index in [1.54, 1.807) is 0 Å². The predicted molar refractivity (Wildman–Crippen MR) is 60.4 cm³/mol. The van der Waals surface area contributed by atoms with Gasteiger partial charge in [-0.2, -0.15) is 5.26 Å². The number of fused-ring (bicyclic) bond motifs is 2. The minimum absolute atomic E-state index is 0.160. The molecular weight excluding hydrogens is 200 g/mol. The molecule has 0 aliphatic carbocycles. The van der Waals surface area contributed by atoms with Gasteiger partial charge in [0.2, 0.25) is 0 Å². The number of hydrogen-bond acceptors (Lipinski definition) is 3. The Kier molecular flexibility index (Phi) is 2.12. The molecule has 1 aromatic carbocycles. The maximum absolute atomic E-state index is 9.05. The number of ether oxygens (including phenoxy) is 1. The molecular formula is C13H14N2O. The molecule has 0 amide bonds. The van der Waals surface area contributed by atoms with Crippen LogP contribution in [0.4, 0.5) is 0 Å². The first-order valence-corrected chi connectivity index (χ1v) is 5.73. The average Bonchev–Trinajstić information content (AvgIpc) is 2.70. The van der Waals surface area contributed by atoms with Gasteiger partial charge in [0.25, 0.3) is 0 Å². The van der Waals surface area contributed by atoms with Crippen molar-refractivity contribution in [2.24, 2.45) is 0 Å². The third-order valence-electron chi connectivity index (χ3n) is 3.76. The van der Waals surface area contributed by atoms with Gasteiger partial charge in [0.05, 0.1) is 12.2 Å². The topological polar surface area (TPSA) is 45.0 Å². The normalized spacial score (nSPS) is 21.2. The lowest BCUT2D eigenvalue weighted by molar-refractivity contribution is 0.220. The van der Waals surface area contributed by atoms with Crippen molar-refractivity contribution < 1.29 is 4.74 Å². The van der Waals surface area contributed by atoms with Crippen LogP contribution in [0.2, 0.25) is 0 Å². The van der Waals surface area contributed by atoms with E-state index in [0.29, 0.717) is 5.56 Å². The highest BCUT2D eigenvalue weighted by Gasteiger charge is 2.42. The summed E-state index contributed by atoms with van der Waals surface area (Å²) < 4.78 is 5.76. The highest BCUT2D eigenvalue weighted by molar-refractivity contribution is 5.54. The number of nitriles is 1. The maximum Gasteiger partial charge on any atom is 0.140 e. The van der Waals surface area contributed by atoms with E-state index in [9.17, 15) is 0 Å². The molecule has 3 heteroatoms. The van der Waals surface area contributed by atoms with Crippen molar-refractivity contribution in [2.45, 2.75) is 18.3 Å². The largest absolute Gasteiger partial charge is 0.491 e. The first-order chi connectivity index (χ1) is 7.86. The van der Waals surface area contributed by atoms with Gasteiger partial charge < -0.3 is 10.1 Å². The van der Waals surface area contributed by atoms with E-state index in [1.165, 1.54) is 5.56 Å². The molecule has 0 bridgehead atoms. The number of rotatable bonds is 0. The lowest BCUT2D eigenvalue weighted by Gasteiger charge is -2.32. The van der Waals surface area contributed by atoms with Crippen LogP contribution in [0, 0.1) is 11.3 Å². The van der Waals surface area contributed by atoms with E-state index in [-0.39, 0.29) is 5.41 Å². The minimum atomic E-state index is 0.160. The molecule has 0 atom stereocenters. The van der Waals surface area contributed by atoms with Gasteiger partial charge in [-0.15, -0.1) is 0 Å². The summed E-state index contributed by atoms with van der Waals surface area (Å²) in [5, 5.41) is 12.4. The minimum Gasteiger partial charge on any atom is -0.491 e. The molecule has 1 N–H and O–H groups in total. The lowest BCUT2D eigenvalue weighted by Crippen LogP contribution is -2.40. The summed E-state index contributed by atoms with van der Waals surface area (Å²) in [5.74, 6) is 0.826. The van der Waals surface area contributed by atoms with Crippen LogP contribution in [0.5, 0.6) is 5.75 Å². The first-order valence-electron chi connectivity index (χ1n) is 5.73. The van der Waals surface area contributed by atoms with Crippen LogP contribution < -0.4 is 10.1 Å². The third-order valence-corrected chi connectivity index (χ3v) is 3.76. The molecule has 0 saturated carbocycles. The van der Waals surface area contributed by atoms with E-state index in [1.807, 2.05) is 12.1 Å². The summed E-state index contributed by atoms with van der Waals surface area (Å²) in [7, 11) is 0. The second-order valence-electron chi connectivity index (χ2n) is 4.61. The van der Waals surface area contributed by atoms with Crippen LogP contribution in [0.3, 0.4) is 0 Å². The van der Waals surface area contributed by atoms with Gasteiger partial charge in [0.1, 0.15) is 11.8 Å². The summed E-state index contributed by atoms with van der Waals surface area (Å²) in [6.45, 7) is 2.82. The fraction of sp³-hybridized carbons (Fsp3) is 0.462. The summed E-state index contributed by atoms with van der Waals surface area (Å²) >= 11 is 0. The molecule has 1 spiro atoms. The Morgan fingerprint density at radius 1 is 1.31 bits per heavy atom. The molecule has 2 heterocycles. The zero-order valence-corrected chi connectivity index (χ0v) is 9.12. The second kappa shape index (κ2) is 3.50. The van der Waals surface area contributed by atoms with Crippen molar-refractivity contribution in [1.82, 2.24) is 5.32 Å². The Morgan fingerprint density at radius 2 is 2.12 bits per heavy atom. The number of nitrogens with zero attached hydrogens (tertiary/aromatic N) is 1. The van der Waals surface area contributed by atoms with Crippen LogP contribution in [-0.4, -0.2) is 19.7 Å². The van der Waals surface area contributed by atoms with Gasteiger partial charge in [-0.25, -0.2) is 0 Å². The first kappa shape index (κ1) is 9.68. The quantitative estimate of drug-likeness (QED) is 0.713. The smallest absolute Gasteiger partial charge is 0.140 e. The third kappa shape index (κ3) is 1.23. The molecule has 1 saturated heterocycles. The fourth-order valence-corrected chi connectivity index (χ4v) is 2.81. The van der Waals surface area contributed by atoms with Gasteiger partial charge in [-0.1, -0.05) is 12.1 Å². The molecule has 3 rings (SSSR count). The molecule has 1 aromatic rings. The summed E-state index contributed by atoms with van der Waals surface area (Å²) in [5.41, 5.74) is 2.08. The Bertz CT molecular complexity index is 455. The predicted octanol–water partition coefficient (Wildman–Crippen LogP) is 1.57. The fourth-order valence-electron chi connectivity index (χ4n) is 2.81. The summed E-state index contributed by atoms with van der Waals surface area (Å²) in [6.07, 6.45) is 2.21. The average molecular weight is 214 g/mol. The molecule has 3 nitrogen and oxygen atoms in total. The molecule has 0 aromatic heterocycles.